The molecule has 1 fully saturated rings. The Bertz CT molecular complexity index is 805. The van der Waals surface area contributed by atoms with E-state index in [1.807, 2.05) is 60.9 Å². The molecule has 1 unspecified atom stereocenters. The minimum Gasteiger partial charge on any atom is -0.466 e. The number of rotatable bonds is 4. The molecule has 138 valence electrons. The van der Waals surface area contributed by atoms with Gasteiger partial charge in [-0.25, -0.2) is 0 Å². The molecule has 26 heavy (non-hydrogen) atoms. The third kappa shape index (κ3) is 3.37. The summed E-state index contributed by atoms with van der Waals surface area (Å²) in [4.78, 5) is 28.8. The van der Waals surface area contributed by atoms with Crippen LogP contribution in [0.5, 0.6) is 0 Å². The normalized spacial score (nSPS) is 16.5. The summed E-state index contributed by atoms with van der Waals surface area (Å²) in [5, 5.41) is 0. The first kappa shape index (κ1) is 18.2. The minimum atomic E-state index is -0.465. The molecule has 6 nitrogen and oxygen atoms in total. The van der Waals surface area contributed by atoms with Crippen LogP contribution in [0.1, 0.15) is 39.0 Å². The molecule has 1 aromatic carbocycles. The second kappa shape index (κ2) is 7.33. The molecule has 1 atom stereocenters. The minimum absolute atomic E-state index is 0.00756. The zero-order valence-electron chi connectivity index (χ0n) is 15.5. The Labute approximate surface area is 153 Å². The molecule has 0 radical (unpaired) electrons. The summed E-state index contributed by atoms with van der Waals surface area (Å²) in [6.07, 6.45) is 0. The predicted molar refractivity (Wildman–Crippen MR) is 98.8 cm³/mol. The third-order valence-electron chi connectivity index (χ3n) is 5.13. The molecule has 2 aromatic rings. The first-order valence-electron chi connectivity index (χ1n) is 8.84. The maximum absolute atomic E-state index is 12.9. The zero-order valence-corrected chi connectivity index (χ0v) is 15.5. The van der Waals surface area contributed by atoms with Gasteiger partial charge in [-0.2, -0.15) is 0 Å². The van der Waals surface area contributed by atoms with E-state index in [9.17, 15) is 9.59 Å². The summed E-state index contributed by atoms with van der Waals surface area (Å²) < 4.78 is 5.59. The molecule has 6 heteroatoms. The first-order valence-corrected chi connectivity index (χ1v) is 8.84. The van der Waals surface area contributed by atoms with Gasteiger partial charge in [0.2, 0.25) is 5.91 Å². The molecule has 0 bridgehead atoms. The summed E-state index contributed by atoms with van der Waals surface area (Å²) in [5.74, 6) is 1.06. The number of primary amides is 1. The molecule has 2 amide bonds. The van der Waals surface area contributed by atoms with Gasteiger partial charge in [0.05, 0.1) is 5.56 Å². The van der Waals surface area contributed by atoms with Crippen LogP contribution >= 0.6 is 0 Å². The summed E-state index contributed by atoms with van der Waals surface area (Å²) in [6.45, 7) is 7.91. The van der Waals surface area contributed by atoms with Crippen LogP contribution in [0.25, 0.3) is 0 Å². The monoisotopic (exact) mass is 355 g/mol. The van der Waals surface area contributed by atoms with Crippen molar-refractivity contribution in [3.05, 3.63) is 58.5 Å². The van der Waals surface area contributed by atoms with E-state index in [4.69, 9.17) is 10.2 Å². The van der Waals surface area contributed by atoms with Gasteiger partial charge >= 0.3 is 0 Å². The highest BCUT2D eigenvalue weighted by Gasteiger charge is 2.32. The number of carbonyl (C=O) groups excluding carboxylic acids is 2. The number of nitrogens with zero attached hydrogens (tertiary/aromatic N) is 2. The van der Waals surface area contributed by atoms with E-state index in [2.05, 4.69) is 0 Å². The lowest BCUT2D eigenvalue weighted by Crippen LogP contribution is -2.52. The zero-order chi connectivity index (χ0) is 18.8. The van der Waals surface area contributed by atoms with Gasteiger partial charge in [-0.15, -0.1) is 0 Å². The van der Waals surface area contributed by atoms with E-state index in [1.54, 1.807) is 0 Å². The van der Waals surface area contributed by atoms with Gasteiger partial charge in [0.1, 0.15) is 17.6 Å². The number of aryl methyl sites for hydroxylation is 2. The van der Waals surface area contributed by atoms with Crippen LogP contribution in [0.2, 0.25) is 0 Å². The molecule has 1 saturated heterocycles. The average Bonchev–Trinajstić information content (AvgIpc) is 2.88. The standard InChI is InChI=1S/C20H25N3O3/c1-13-14(2)26-15(3)17(13)20(25)23-11-9-22(10-12-23)18(19(21)24)16-7-5-4-6-8-16/h4-8,18H,9-12H2,1-3H3,(H2,21,24). The van der Waals surface area contributed by atoms with Crippen LogP contribution in [0.3, 0.4) is 0 Å². The van der Waals surface area contributed by atoms with Crippen LogP contribution in [0, 0.1) is 20.8 Å². The van der Waals surface area contributed by atoms with Crippen molar-refractivity contribution in [2.45, 2.75) is 26.8 Å². The molecular weight excluding hydrogens is 330 g/mol. The van der Waals surface area contributed by atoms with Crippen molar-refractivity contribution in [2.24, 2.45) is 5.73 Å². The Kier molecular flexibility index (Phi) is 5.13. The van der Waals surface area contributed by atoms with Crippen LogP contribution in [0.4, 0.5) is 0 Å². The van der Waals surface area contributed by atoms with Crippen molar-refractivity contribution in [1.29, 1.82) is 0 Å². The summed E-state index contributed by atoms with van der Waals surface area (Å²) in [7, 11) is 0. The van der Waals surface area contributed by atoms with E-state index in [-0.39, 0.29) is 11.8 Å². The topological polar surface area (TPSA) is 79.8 Å². The van der Waals surface area contributed by atoms with Crippen molar-refractivity contribution in [1.82, 2.24) is 9.80 Å². The highest BCUT2D eigenvalue weighted by molar-refractivity contribution is 5.97. The number of benzene rings is 1. The summed E-state index contributed by atoms with van der Waals surface area (Å²) in [6, 6.07) is 9.07. The molecule has 2 heterocycles. The number of furan rings is 1. The van der Waals surface area contributed by atoms with Crippen molar-refractivity contribution in [2.75, 3.05) is 26.2 Å². The SMILES string of the molecule is Cc1oc(C)c(C(=O)N2CCN(C(C(N)=O)c3ccccc3)CC2)c1C. The van der Waals surface area contributed by atoms with Crippen molar-refractivity contribution >= 4 is 11.8 Å². The maximum Gasteiger partial charge on any atom is 0.257 e. The predicted octanol–water partition coefficient (Wildman–Crippen LogP) is 2.19. The summed E-state index contributed by atoms with van der Waals surface area (Å²) >= 11 is 0. The maximum atomic E-state index is 12.9. The lowest BCUT2D eigenvalue weighted by atomic mass is 10.0. The Hall–Kier alpha value is -2.60. The van der Waals surface area contributed by atoms with E-state index >= 15 is 0 Å². The number of nitrogens with two attached hydrogens (primary N) is 1. The summed E-state index contributed by atoms with van der Waals surface area (Å²) in [5.41, 5.74) is 8.10. The van der Waals surface area contributed by atoms with Gasteiger partial charge in [-0.1, -0.05) is 30.3 Å². The Morgan fingerprint density at radius 2 is 1.62 bits per heavy atom. The Balaban J connectivity index is 1.72. The van der Waals surface area contributed by atoms with Crippen molar-refractivity contribution in [3.63, 3.8) is 0 Å². The largest absolute Gasteiger partial charge is 0.466 e. The van der Waals surface area contributed by atoms with Gasteiger partial charge in [-0.3, -0.25) is 14.5 Å². The van der Waals surface area contributed by atoms with Gasteiger partial charge in [0.25, 0.3) is 5.91 Å². The van der Waals surface area contributed by atoms with Crippen molar-refractivity contribution < 1.29 is 14.0 Å². The second-order valence-corrected chi connectivity index (χ2v) is 6.76. The van der Waals surface area contributed by atoms with Gasteiger partial charge in [0.15, 0.2) is 0 Å². The molecule has 1 aliphatic rings. The fourth-order valence-corrected chi connectivity index (χ4v) is 3.64. The fourth-order valence-electron chi connectivity index (χ4n) is 3.64. The number of carbonyl (C=O) groups is 2. The first-order chi connectivity index (χ1) is 12.4. The molecule has 0 saturated carbocycles. The van der Waals surface area contributed by atoms with Crippen LogP contribution < -0.4 is 5.73 Å². The van der Waals surface area contributed by atoms with E-state index in [1.165, 1.54) is 0 Å². The molecule has 2 N–H and O–H groups in total. The highest BCUT2D eigenvalue weighted by atomic mass is 16.3. The van der Waals surface area contributed by atoms with Crippen LogP contribution in [-0.2, 0) is 4.79 Å². The van der Waals surface area contributed by atoms with E-state index < -0.39 is 6.04 Å². The number of amides is 2. The van der Waals surface area contributed by atoms with Crippen molar-refractivity contribution in [3.8, 4) is 0 Å². The number of piperazine rings is 1. The average molecular weight is 355 g/mol. The highest BCUT2D eigenvalue weighted by Crippen LogP contribution is 2.25. The quantitative estimate of drug-likeness (QED) is 0.912. The van der Waals surface area contributed by atoms with Gasteiger partial charge < -0.3 is 15.1 Å². The lowest BCUT2D eigenvalue weighted by molar-refractivity contribution is -0.124. The lowest BCUT2D eigenvalue weighted by Gasteiger charge is -2.38. The Morgan fingerprint density at radius 1 is 1.00 bits per heavy atom. The molecule has 3 rings (SSSR count). The molecule has 1 aromatic heterocycles. The smallest absolute Gasteiger partial charge is 0.257 e. The molecule has 0 aliphatic carbocycles. The molecule has 1 aliphatic heterocycles. The van der Waals surface area contributed by atoms with Crippen LogP contribution in [0.15, 0.2) is 34.7 Å². The van der Waals surface area contributed by atoms with Gasteiger partial charge in [0, 0.05) is 31.7 Å². The Morgan fingerprint density at radius 3 is 2.12 bits per heavy atom. The van der Waals surface area contributed by atoms with E-state index in [0.717, 1.165) is 16.9 Å². The fraction of sp³-hybridized carbons (Fsp3) is 0.400. The number of hydrogen-bond acceptors (Lipinski definition) is 4. The number of hydrogen-bond donors (Lipinski definition) is 1. The van der Waals surface area contributed by atoms with Crippen LogP contribution in [-0.4, -0.2) is 47.8 Å². The molecular formula is C20H25N3O3. The van der Waals surface area contributed by atoms with E-state index in [0.29, 0.717) is 37.5 Å². The van der Waals surface area contributed by atoms with Gasteiger partial charge in [-0.05, 0) is 26.3 Å². The third-order valence-corrected chi connectivity index (χ3v) is 5.13. The molecule has 0 spiro atoms. The second-order valence-electron chi connectivity index (χ2n) is 6.76.